The van der Waals surface area contributed by atoms with Gasteiger partial charge in [-0.3, -0.25) is 24.0 Å². The summed E-state index contributed by atoms with van der Waals surface area (Å²) < 4.78 is 0. The summed E-state index contributed by atoms with van der Waals surface area (Å²) in [4.78, 5) is 85.7. The zero-order valence-corrected chi connectivity index (χ0v) is 34.5. The molecule has 16 heteroatoms. The van der Waals surface area contributed by atoms with E-state index in [1.54, 1.807) is 36.5 Å². The van der Waals surface area contributed by atoms with Gasteiger partial charge in [-0.25, -0.2) is 4.79 Å². The Balaban J connectivity index is 1.58. The Morgan fingerprint density at radius 1 is 0.717 bits per heavy atom. The van der Waals surface area contributed by atoms with Crippen LogP contribution in [-0.4, -0.2) is 111 Å². The third-order valence-corrected chi connectivity index (χ3v) is 10.6. The summed E-state index contributed by atoms with van der Waals surface area (Å²) in [5, 5.41) is 32.2. The molecule has 4 aromatic rings. The molecule has 0 spiro atoms. The molecule has 0 unspecified atom stereocenters. The smallest absolute Gasteiger partial charge is 0.329 e. The summed E-state index contributed by atoms with van der Waals surface area (Å²) in [6.07, 6.45) is 1.50. The molecule has 11 N–H and O–H groups in total. The fourth-order valence-corrected chi connectivity index (χ4v) is 6.63. The van der Waals surface area contributed by atoms with Gasteiger partial charge in [-0.2, -0.15) is 0 Å². The number of nitrogens with one attached hydrogen (secondary N) is 5. The second-order valence-electron chi connectivity index (χ2n) is 15.5. The number of unbranched alkanes of at least 4 members (excludes halogenated alkanes) is 1. The first-order chi connectivity index (χ1) is 28.5. The lowest BCUT2D eigenvalue weighted by Crippen LogP contribution is -2.62. The van der Waals surface area contributed by atoms with Crippen LogP contribution < -0.4 is 32.7 Å². The topological polar surface area (TPSA) is 262 Å². The number of rotatable bonds is 22. The number of aliphatic hydroxyl groups is 1. The molecule has 0 fully saturated rings. The predicted octanol–water partition coefficient (Wildman–Crippen LogP) is 1.29. The van der Waals surface area contributed by atoms with Crippen LogP contribution in [0.15, 0.2) is 91.1 Å². The second-order valence-corrected chi connectivity index (χ2v) is 15.5. The van der Waals surface area contributed by atoms with Crippen molar-refractivity contribution >= 4 is 46.4 Å². The molecule has 322 valence electrons. The summed E-state index contributed by atoms with van der Waals surface area (Å²) in [6, 6.07) is 19.1. The van der Waals surface area contributed by atoms with E-state index in [0.29, 0.717) is 24.9 Å². The molecule has 0 saturated heterocycles. The SMILES string of the molecule is C[C@H](O)[C@H](NC(=O)[C@H](CCCCN)NC(=O)[C@H](Cc1c[nH]c2ccccc12)NC(=O)[C@@H](N)Cc1ccccc1)C(=O)N[C@@H](Cc1ccccc1)C(=O)N(C)C(C)(C)C(=O)O. The number of amides is 5. The van der Waals surface area contributed by atoms with E-state index >= 15 is 0 Å². The number of benzene rings is 3. The number of carboxylic acids is 1. The fourth-order valence-electron chi connectivity index (χ4n) is 6.63. The monoisotopic (exact) mass is 826 g/mol. The minimum absolute atomic E-state index is 0.0256. The molecule has 0 radical (unpaired) electrons. The van der Waals surface area contributed by atoms with Crippen molar-refractivity contribution in [3.8, 4) is 0 Å². The van der Waals surface area contributed by atoms with Gasteiger partial charge >= 0.3 is 5.97 Å². The normalized spacial score (nSPS) is 14.4. The first-order valence-corrected chi connectivity index (χ1v) is 20.0. The molecule has 60 heavy (non-hydrogen) atoms. The van der Waals surface area contributed by atoms with Crippen molar-refractivity contribution < 1.29 is 39.0 Å². The molecule has 6 atom stereocenters. The van der Waals surface area contributed by atoms with Crippen molar-refractivity contribution in [3.05, 3.63) is 108 Å². The van der Waals surface area contributed by atoms with E-state index in [1.807, 2.05) is 54.6 Å². The maximum atomic E-state index is 14.2. The van der Waals surface area contributed by atoms with Crippen LogP contribution in [0.5, 0.6) is 0 Å². The van der Waals surface area contributed by atoms with Gasteiger partial charge in [0.15, 0.2) is 0 Å². The molecule has 1 aromatic heterocycles. The molecular formula is C44H58N8O8. The van der Waals surface area contributed by atoms with Crippen molar-refractivity contribution in [1.82, 2.24) is 31.2 Å². The first-order valence-electron chi connectivity index (χ1n) is 20.0. The van der Waals surface area contributed by atoms with Crippen LogP contribution in [0.3, 0.4) is 0 Å². The van der Waals surface area contributed by atoms with Crippen LogP contribution in [0, 0.1) is 0 Å². The third-order valence-electron chi connectivity index (χ3n) is 10.6. The lowest BCUT2D eigenvalue weighted by atomic mass is 9.99. The van der Waals surface area contributed by atoms with Gasteiger partial charge in [-0.15, -0.1) is 0 Å². The number of nitrogens with zero attached hydrogens (tertiary/aromatic N) is 1. The number of H-pyrrole nitrogens is 1. The van der Waals surface area contributed by atoms with E-state index in [2.05, 4.69) is 26.3 Å². The van der Waals surface area contributed by atoms with Crippen molar-refractivity contribution in [2.45, 2.75) is 101 Å². The standard InChI is InChI=1S/C44H58N8O8/c1-27(53)37(41(57)50-36(24-29-17-9-6-10-18-29)42(58)52(4)44(2,3)43(59)60)51-39(55)34(21-13-14-22-45)48-40(56)35(25-30-26-47-33-20-12-11-19-31(30)33)49-38(54)32(46)23-28-15-7-5-8-16-28/h5-12,15-20,26-27,32,34-37,47,53H,13-14,21-25,45-46H2,1-4H3,(H,48,56)(H,49,54)(H,50,57)(H,51,55)(H,59,60)/t27-,32-,34-,35-,36-,37-/m0/s1. The number of carbonyl (C=O) groups is 6. The molecule has 0 bridgehead atoms. The van der Waals surface area contributed by atoms with Crippen LogP contribution >= 0.6 is 0 Å². The Labute approximate surface area is 349 Å². The highest BCUT2D eigenvalue weighted by atomic mass is 16.4. The Morgan fingerprint density at radius 2 is 1.27 bits per heavy atom. The molecule has 3 aromatic carbocycles. The number of fused-ring (bicyclic) bond motifs is 1. The van der Waals surface area contributed by atoms with Crippen LogP contribution in [0.25, 0.3) is 10.9 Å². The minimum Gasteiger partial charge on any atom is -0.480 e. The van der Waals surface area contributed by atoms with Gasteiger partial charge in [0, 0.05) is 37.0 Å². The number of hydrogen-bond acceptors (Lipinski definition) is 9. The summed E-state index contributed by atoms with van der Waals surface area (Å²) in [5.41, 5.74) is 13.5. The summed E-state index contributed by atoms with van der Waals surface area (Å²) in [7, 11) is 1.31. The molecule has 4 rings (SSSR count). The number of aromatic amines is 1. The molecule has 0 aliphatic rings. The second kappa shape index (κ2) is 21.8. The van der Waals surface area contributed by atoms with Gasteiger partial charge in [-0.05, 0) is 75.8 Å². The van der Waals surface area contributed by atoms with Crippen molar-refractivity contribution in [1.29, 1.82) is 0 Å². The van der Waals surface area contributed by atoms with Crippen molar-refractivity contribution in [2.24, 2.45) is 11.5 Å². The predicted molar refractivity (Wildman–Crippen MR) is 227 cm³/mol. The lowest BCUT2D eigenvalue weighted by molar-refractivity contribution is -0.156. The van der Waals surface area contributed by atoms with E-state index in [1.165, 1.54) is 27.8 Å². The van der Waals surface area contributed by atoms with E-state index in [4.69, 9.17) is 11.5 Å². The number of aromatic nitrogens is 1. The number of aliphatic carboxylic acids is 1. The van der Waals surface area contributed by atoms with Gasteiger partial charge in [0.25, 0.3) is 0 Å². The highest BCUT2D eigenvalue weighted by Gasteiger charge is 2.40. The van der Waals surface area contributed by atoms with Crippen LogP contribution in [0.4, 0.5) is 0 Å². The number of aliphatic hydroxyl groups excluding tert-OH is 1. The number of nitrogens with two attached hydrogens (primary N) is 2. The molecule has 5 amide bonds. The van der Waals surface area contributed by atoms with Gasteiger partial charge in [0.1, 0.15) is 29.7 Å². The summed E-state index contributed by atoms with van der Waals surface area (Å²) in [5.74, 6) is -4.98. The van der Waals surface area contributed by atoms with Gasteiger partial charge in [-0.1, -0.05) is 78.9 Å². The van der Waals surface area contributed by atoms with Gasteiger partial charge in [0.2, 0.25) is 29.5 Å². The van der Waals surface area contributed by atoms with E-state index < -0.39 is 77.4 Å². The molecule has 0 aliphatic carbocycles. The van der Waals surface area contributed by atoms with Crippen molar-refractivity contribution in [2.75, 3.05) is 13.6 Å². The molecule has 1 heterocycles. The highest BCUT2D eigenvalue weighted by molar-refractivity contribution is 5.97. The number of hydrogen-bond donors (Lipinski definition) is 9. The average molecular weight is 827 g/mol. The lowest BCUT2D eigenvalue weighted by Gasteiger charge is -2.35. The first kappa shape index (κ1) is 46.6. The zero-order chi connectivity index (χ0) is 44.0. The van der Waals surface area contributed by atoms with Crippen LogP contribution in [-0.2, 0) is 48.0 Å². The Morgan fingerprint density at radius 3 is 1.87 bits per heavy atom. The third kappa shape index (κ3) is 12.7. The number of carbonyl (C=O) groups excluding carboxylic acids is 5. The van der Waals surface area contributed by atoms with Crippen molar-refractivity contribution in [3.63, 3.8) is 0 Å². The highest BCUT2D eigenvalue weighted by Crippen LogP contribution is 2.20. The van der Waals surface area contributed by atoms with E-state index in [-0.39, 0.29) is 25.7 Å². The molecule has 0 saturated carbocycles. The molecular weight excluding hydrogens is 769 g/mol. The van der Waals surface area contributed by atoms with E-state index in [0.717, 1.165) is 26.9 Å². The molecule has 0 aliphatic heterocycles. The number of carboxylic acid groups (broad SMARTS) is 1. The minimum atomic E-state index is -1.64. The number of para-hydroxylation sites is 1. The van der Waals surface area contributed by atoms with Crippen LogP contribution in [0.2, 0.25) is 0 Å². The van der Waals surface area contributed by atoms with Gasteiger partial charge in [0.05, 0.1) is 12.1 Å². The Hall–Kier alpha value is -6.10. The Bertz CT molecular complexity index is 2070. The largest absolute Gasteiger partial charge is 0.480 e. The zero-order valence-electron chi connectivity index (χ0n) is 34.5. The summed E-state index contributed by atoms with van der Waals surface area (Å²) >= 11 is 0. The van der Waals surface area contributed by atoms with Gasteiger partial charge < -0.3 is 52.8 Å². The average Bonchev–Trinajstić information content (AvgIpc) is 3.64. The van der Waals surface area contributed by atoms with E-state index in [9.17, 15) is 39.0 Å². The molecule has 16 nitrogen and oxygen atoms in total. The Kier molecular flexibility index (Phi) is 16.9. The fraction of sp³-hybridized carbons (Fsp3) is 0.409. The quantitative estimate of drug-likeness (QED) is 0.0513. The number of likely N-dealkylation sites (N-methyl/N-ethyl adjacent to an activating group) is 1. The van der Waals surface area contributed by atoms with Crippen LogP contribution in [0.1, 0.15) is 56.7 Å². The maximum Gasteiger partial charge on any atom is 0.329 e. The maximum absolute atomic E-state index is 14.2. The summed E-state index contributed by atoms with van der Waals surface area (Å²) in [6.45, 7) is 4.29.